The zero-order valence-corrected chi connectivity index (χ0v) is 20.1. The molecule has 0 amide bonds. The zero-order chi connectivity index (χ0) is 24.8. The summed E-state index contributed by atoms with van der Waals surface area (Å²) in [5, 5.41) is 4.53. The molecule has 1 saturated heterocycles. The van der Waals surface area contributed by atoms with Crippen molar-refractivity contribution in [3.8, 4) is 11.3 Å². The minimum absolute atomic E-state index is 0.0625. The monoisotopic (exact) mass is 500 g/mol. The van der Waals surface area contributed by atoms with Crippen LogP contribution in [0.5, 0.6) is 0 Å². The number of rotatable bonds is 5. The molecular formula is C22H25F5N6S. The third-order valence-corrected chi connectivity index (χ3v) is 6.98. The van der Waals surface area contributed by atoms with Gasteiger partial charge in [0.15, 0.2) is 5.65 Å². The first-order valence-corrected chi connectivity index (χ1v) is 12.1. The summed E-state index contributed by atoms with van der Waals surface area (Å²) in [5.41, 5.74) is -2.39. The number of aryl methyl sites for hydroxylation is 1. The van der Waals surface area contributed by atoms with Crippen LogP contribution in [0.25, 0.3) is 22.3 Å². The molecule has 1 atom stereocenters. The van der Waals surface area contributed by atoms with Crippen LogP contribution in [-0.4, -0.2) is 56.0 Å². The average molecular weight is 501 g/mol. The highest BCUT2D eigenvalue weighted by Gasteiger charge is 2.37. The van der Waals surface area contributed by atoms with Crippen molar-refractivity contribution in [1.82, 2.24) is 24.1 Å². The molecule has 0 bridgehead atoms. The Bertz CT molecular complexity index is 1210. The van der Waals surface area contributed by atoms with E-state index >= 15 is 0 Å². The van der Waals surface area contributed by atoms with Crippen molar-refractivity contribution in [3.63, 3.8) is 0 Å². The molecule has 0 radical (unpaired) electrons. The van der Waals surface area contributed by atoms with Gasteiger partial charge in [0, 0.05) is 50.0 Å². The number of fused-ring (bicyclic) bond motifs is 1. The number of aromatic nitrogens is 4. The number of anilines is 1. The second-order valence-electron chi connectivity index (χ2n) is 8.31. The molecule has 0 aliphatic carbocycles. The molecule has 2 aromatic heterocycles. The van der Waals surface area contributed by atoms with Crippen LogP contribution in [-0.2, 0) is 13.2 Å². The van der Waals surface area contributed by atoms with Crippen molar-refractivity contribution in [2.24, 2.45) is 7.05 Å². The van der Waals surface area contributed by atoms with Crippen molar-refractivity contribution >= 4 is 28.9 Å². The van der Waals surface area contributed by atoms with Crippen molar-refractivity contribution in [2.75, 3.05) is 30.8 Å². The average Bonchev–Trinajstić information content (AvgIpc) is 3.12. The van der Waals surface area contributed by atoms with Crippen molar-refractivity contribution < 1.29 is 22.0 Å². The molecule has 3 aromatic rings. The topological polar surface area (TPSA) is 50.1 Å². The van der Waals surface area contributed by atoms with E-state index in [9.17, 15) is 22.0 Å². The van der Waals surface area contributed by atoms with E-state index in [1.165, 1.54) is 10.9 Å². The summed E-state index contributed by atoms with van der Waals surface area (Å²) in [7, 11) is 1.58. The molecule has 0 N–H and O–H groups in total. The Morgan fingerprint density at radius 2 is 1.91 bits per heavy atom. The molecule has 1 fully saturated rings. The van der Waals surface area contributed by atoms with Gasteiger partial charge in [-0.1, -0.05) is 25.3 Å². The maximum absolute atomic E-state index is 14.9. The van der Waals surface area contributed by atoms with Crippen LogP contribution < -0.4 is 4.90 Å². The Labute approximate surface area is 198 Å². The Hall–Kier alpha value is -2.47. The molecule has 1 aliphatic rings. The molecule has 0 saturated carbocycles. The van der Waals surface area contributed by atoms with E-state index in [1.807, 2.05) is 6.26 Å². The van der Waals surface area contributed by atoms with E-state index in [0.29, 0.717) is 23.0 Å². The summed E-state index contributed by atoms with van der Waals surface area (Å²) in [5.74, 6) is -2.22. The smallest absolute Gasteiger partial charge is 0.335 e. The van der Waals surface area contributed by atoms with E-state index in [4.69, 9.17) is 0 Å². The van der Waals surface area contributed by atoms with E-state index in [1.54, 1.807) is 19.0 Å². The van der Waals surface area contributed by atoms with Crippen LogP contribution in [0.1, 0.15) is 30.9 Å². The summed E-state index contributed by atoms with van der Waals surface area (Å²) < 4.78 is 72.8. The van der Waals surface area contributed by atoms with Gasteiger partial charge in [-0.2, -0.15) is 23.3 Å². The molecule has 1 aliphatic heterocycles. The summed E-state index contributed by atoms with van der Waals surface area (Å²) in [6.45, 7) is 5.50. The summed E-state index contributed by atoms with van der Waals surface area (Å²) in [6.07, 6.45) is 0.467. The fourth-order valence-corrected chi connectivity index (χ4v) is 4.94. The van der Waals surface area contributed by atoms with Gasteiger partial charge >= 0.3 is 6.18 Å². The van der Waals surface area contributed by atoms with Crippen molar-refractivity contribution in [2.45, 2.75) is 38.9 Å². The van der Waals surface area contributed by atoms with Crippen LogP contribution in [0.2, 0.25) is 0 Å². The Morgan fingerprint density at radius 1 is 1.18 bits per heavy atom. The van der Waals surface area contributed by atoms with E-state index in [2.05, 4.69) is 31.2 Å². The SMILES string of the molecule is CCCC1CN(SC)CCN1c1ncc2c(-c3cc(C(F)(F)F)c(F)c(C)c3F)nn(C)c2n1. The highest BCUT2D eigenvalue weighted by Crippen LogP contribution is 2.39. The maximum atomic E-state index is 14.9. The molecule has 1 unspecified atom stereocenters. The number of alkyl halides is 3. The Balaban J connectivity index is 1.80. The number of nitrogens with zero attached hydrogens (tertiary/aromatic N) is 6. The van der Waals surface area contributed by atoms with Gasteiger partial charge in [0.2, 0.25) is 5.95 Å². The second-order valence-corrected chi connectivity index (χ2v) is 9.19. The first-order valence-electron chi connectivity index (χ1n) is 10.9. The number of benzene rings is 1. The minimum Gasteiger partial charge on any atom is -0.335 e. The second kappa shape index (κ2) is 9.29. The van der Waals surface area contributed by atoms with Crippen molar-refractivity contribution in [1.29, 1.82) is 0 Å². The summed E-state index contributed by atoms with van der Waals surface area (Å²) in [6, 6.07) is 0.676. The third kappa shape index (κ3) is 4.33. The zero-order valence-electron chi connectivity index (χ0n) is 19.2. The lowest BCUT2D eigenvalue weighted by Crippen LogP contribution is -2.51. The molecule has 4 rings (SSSR count). The predicted octanol–water partition coefficient (Wildman–Crippen LogP) is 5.20. The number of hydrogen-bond acceptors (Lipinski definition) is 6. The standard InChI is InChI=1S/C22H25F5N6S/c1-5-6-13-11-32(34-4)7-8-33(13)21-28-10-15-19(30-31(3)20(15)29-21)14-9-16(22(25,26)27)18(24)12(2)17(14)23/h9-10,13H,5-8,11H2,1-4H3. The van der Waals surface area contributed by atoms with Gasteiger partial charge in [-0.15, -0.1) is 0 Å². The first-order chi connectivity index (χ1) is 16.1. The molecule has 1 aromatic carbocycles. The fraction of sp³-hybridized carbons (Fsp3) is 0.500. The minimum atomic E-state index is -4.97. The predicted molar refractivity (Wildman–Crippen MR) is 123 cm³/mol. The Morgan fingerprint density at radius 3 is 2.56 bits per heavy atom. The number of hydrogen-bond donors (Lipinski definition) is 0. The van der Waals surface area contributed by atoms with Gasteiger partial charge in [-0.3, -0.25) is 0 Å². The molecule has 34 heavy (non-hydrogen) atoms. The van der Waals surface area contributed by atoms with Crippen LogP contribution in [0.15, 0.2) is 12.3 Å². The van der Waals surface area contributed by atoms with Gasteiger partial charge < -0.3 is 4.90 Å². The van der Waals surface area contributed by atoms with E-state index in [-0.39, 0.29) is 11.7 Å². The summed E-state index contributed by atoms with van der Waals surface area (Å²) in [4.78, 5) is 11.2. The maximum Gasteiger partial charge on any atom is 0.419 e. The molecule has 3 heterocycles. The van der Waals surface area contributed by atoms with Crippen LogP contribution in [0.4, 0.5) is 27.9 Å². The van der Waals surface area contributed by atoms with Gasteiger partial charge in [0.05, 0.1) is 10.9 Å². The number of halogens is 5. The molecule has 184 valence electrons. The van der Waals surface area contributed by atoms with Crippen LogP contribution in [0, 0.1) is 18.6 Å². The van der Waals surface area contributed by atoms with Crippen molar-refractivity contribution in [3.05, 3.63) is 35.0 Å². The third-order valence-electron chi connectivity index (χ3n) is 6.13. The van der Waals surface area contributed by atoms with Gasteiger partial charge in [0.1, 0.15) is 17.3 Å². The molecular weight excluding hydrogens is 475 g/mol. The normalized spacial score (nSPS) is 17.7. The Kier molecular flexibility index (Phi) is 6.74. The lowest BCUT2D eigenvalue weighted by Gasteiger charge is -2.40. The molecule has 12 heteroatoms. The quantitative estimate of drug-likeness (QED) is 0.354. The number of piperazine rings is 1. The molecule has 0 spiro atoms. The highest BCUT2D eigenvalue weighted by molar-refractivity contribution is 7.96. The van der Waals surface area contributed by atoms with E-state index < -0.39 is 34.5 Å². The lowest BCUT2D eigenvalue weighted by molar-refractivity contribution is -0.140. The lowest BCUT2D eigenvalue weighted by atomic mass is 10.0. The molecule has 6 nitrogen and oxygen atoms in total. The highest BCUT2D eigenvalue weighted by atomic mass is 32.2. The van der Waals surface area contributed by atoms with Crippen LogP contribution in [0.3, 0.4) is 0 Å². The first kappa shape index (κ1) is 24.6. The largest absolute Gasteiger partial charge is 0.419 e. The van der Waals surface area contributed by atoms with E-state index in [0.717, 1.165) is 39.4 Å². The van der Waals surface area contributed by atoms with Gasteiger partial charge in [0.25, 0.3) is 0 Å². The van der Waals surface area contributed by atoms with Crippen LogP contribution >= 0.6 is 11.9 Å². The fourth-order valence-electron chi connectivity index (χ4n) is 4.35. The summed E-state index contributed by atoms with van der Waals surface area (Å²) >= 11 is 1.69. The van der Waals surface area contributed by atoms with Gasteiger partial charge in [-0.25, -0.2) is 22.8 Å². The van der Waals surface area contributed by atoms with Gasteiger partial charge in [-0.05, 0) is 25.7 Å².